The van der Waals surface area contributed by atoms with Crippen LogP contribution in [0.1, 0.15) is 16.8 Å². The minimum absolute atomic E-state index is 0.0937. The van der Waals surface area contributed by atoms with Crippen molar-refractivity contribution in [2.75, 3.05) is 18.0 Å². The number of furan rings is 1. The maximum atomic E-state index is 12.0. The molecule has 25 heavy (non-hydrogen) atoms. The van der Waals surface area contributed by atoms with Gasteiger partial charge in [0.2, 0.25) is 0 Å². The summed E-state index contributed by atoms with van der Waals surface area (Å²) in [7, 11) is 0. The van der Waals surface area contributed by atoms with E-state index < -0.39 is 0 Å². The van der Waals surface area contributed by atoms with Gasteiger partial charge in [-0.25, -0.2) is 0 Å². The molecule has 0 aliphatic carbocycles. The molecule has 2 heterocycles. The summed E-state index contributed by atoms with van der Waals surface area (Å²) in [4.78, 5) is 16.8. The van der Waals surface area contributed by atoms with Gasteiger partial charge in [-0.1, -0.05) is 36.0 Å². The Morgan fingerprint density at radius 3 is 2.32 bits per heavy atom. The molecule has 0 unspecified atom stereocenters. The highest BCUT2D eigenvalue weighted by molar-refractivity contribution is 7.99. The van der Waals surface area contributed by atoms with Crippen LogP contribution in [0.25, 0.3) is 0 Å². The fourth-order valence-electron chi connectivity index (χ4n) is 2.96. The van der Waals surface area contributed by atoms with E-state index in [1.165, 1.54) is 33.7 Å². The lowest BCUT2D eigenvalue weighted by molar-refractivity contribution is 0.0953. The molecule has 126 valence electrons. The second-order valence-electron chi connectivity index (χ2n) is 5.81. The van der Waals surface area contributed by atoms with E-state index in [4.69, 9.17) is 4.42 Å². The van der Waals surface area contributed by atoms with Gasteiger partial charge < -0.3 is 14.6 Å². The molecular weight excluding hydrogens is 332 g/mol. The van der Waals surface area contributed by atoms with Crippen molar-refractivity contribution in [3.63, 3.8) is 0 Å². The largest absolute Gasteiger partial charge is 0.472 e. The Balaban J connectivity index is 1.44. The minimum atomic E-state index is -0.0937. The molecule has 0 saturated heterocycles. The number of rotatable bonds is 5. The summed E-state index contributed by atoms with van der Waals surface area (Å²) in [5, 5.41) is 2.94. The molecule has 3 aromatic rings. The van der Waals surface area contributed by atoms with Crippen molar-refractivity contribution in [1.82, 2.24) is 5.32 Å². The summed E-state index contributed by atoms with van der Waals surface area (Å²) >= 11 is 1.81. The summed E-state index contributed by atoms with van der Waals surface area (Å²) < 4.78 is 4.94. The van der Waals surface area contributed by atoms with Crippen LogP contribution in [0.15, 0.2) is 81.3 Å². The van der Waals surface area contributed by atoms with Gasteiger partial charge in [-0.05, 0) is 36.8 Å². The van der Waals surface area contributed by atoms with Crippen molar-refractivity contribution in [2.45, 2.75) is 16.2 Å². The zero-order chi connectivity index (χ0) is 17.1. The van der Waals surface area contributed by atoms with Crippen LogP contribution in [0.2, 0.25) is 0 Å². The van der Waals surface area contributed by atoms with E-state index in [9.17, 15) is 4.79 Å². The standard InChI is InChI=1S/C20H18N2O2S/c23-20(15-10-13-24-14-15)21-11-5-12-22-16-6-1-3-8-18(16)25-19-9-4-2-7-17(19)22/h1-4,6-10,13-14H,5,11-12H2,(H,21,23). The number of carbonyl (C=O) groups is 1. The summed E-state index contributed by atoms with van der Waals surface area (Å²) in [6.07, 6.45) is 3.83. The lowest BCUT2D eigenvalue weighted by atomic mass is 10.2. The molecule has 1 N–H and O–H groups in total. The van der Waals surface area contributed by atoms with Crippen molar-refractivity contribution < 1.29 is 9.21 Å². The minimum Gasteiger partial charge on any atom is -0.472 e. The number of nitrogens with zero attached hydrogens (tertiary/aromatic N) is 1. The first-order valence-corrected chi connectivity index (χ1v) is 9.08. The van der Waals surface area contributed by atoms with Gasteiger partial charge in [0.25, 0.3) is 5.91 Å². The highest BCUT2D eigenvalue weighted by atomic mass is 32.2. The fourth-order valence-corrected chi connectivity index (χ4v) is 4.05. The molecular formula is C20H18N2O2S. The molecule has 1 aromatic heterocycles. The highest BCUT2D eigenvalue weighted by Crippen LogP contribution is 2.47. The lowest BCUT2D eigenvalue weighted by Crippen LogP contribution is -2.28. The molecule has 1 aliphatic heterocycles. The smallest absolute Gasteiger partial charge is 0.254 e. The Hall–Kier alpha value is -2.66. The number of anilines is 2. The van der Waals surface area contributed by atoms with Crippen molar-refractivity contribution >= 4 is 29.0 Å². The molecule has 0 fully saturated rings. The van der Waals surface area contributed by atoms with Crippen LogP contribution in [0.3, 0.4) is 0 Å². The van der Waals surface area contributed by atoms with Crippen molar-refractivity contribution in [3.05, 3.63) is 72.7 Å². The first kappa shape index (κ1) is 15.8. The Morgan fingerprint density at radius 2 is 1.68 bits per heavy atom. The third-order valence-electron chi connectivity index (χ3n) is 4.16. The zero-order valence-corrected chi connectivity index (χ0v) is 14.5. The van der Waals surface area contributed by atoms with Crippen LogP contribution in [-0.4, -0.2) is 19.0 Å². The number of nitrogens with one attached hydrogen (secondary N) is 1. The number of hydrogen-bond acceptors (Lipinski definition) is 4. The van der Waals surface area contributed by atoms with Crippen molar-refractivity contribution in [2.24, 2.45) is 0 Å². The van der Waals surface area contributed by atoms with E-state index in [1.807, 2.05) is 0 Å². The summed E-state index contributed by atoms with van der Waals surface area (Å²) in [5.74, 6) is -0.0937. The van der Waals surface area contributed by atoms with Crippen LogP contribution in [0.5, 0.6) is 0 Å². The van der Waals surface area contributed by atoms with Gasteiger partial charge in [0, 0.05) is 22.9 Å². The van der Waals surface area contributed by atoms with E-state index in [0.29, 0.717) is 12.1 Å². The number of hydrogen-bond donors (Lipinski definition) is 1. The number of amides is 1. The quantitative estimate of drug-likeness (QED) is 0.677. The zero-order valence-electron chi connectivity index (χ0n) is 13.6. The molecule has 0 atom stereocenters. The Morgan fingerprint density at radius 1 is 1.00 bits per heavy atom. The maximum absolute atomic E-state index is 12.0. The van der Waals surface area contributed by atoms with Gasteiger partial charge in [-0.2, -0.15) is 0 Å². The molecule has 4 nitrogen and oxygen atoms in total. The van der Waals surface area contributed by atoms with Crippen LogP contribution in [0.4, 0.5) is 11.4 Å². The topological polar surface area (TPSA) is 45.5 Å². The van der Waals surface area contributed by atoms with Crippen LogP contribution < -0.4 is 10.2 Å². The third kappa shape index (κ3) is 3.28. The predicted molar refractivity (Wildman–Crippen MR) is 99.7 cm³/mol. The van der Waals surface area contributed by atoms with E-state index >= 15 is 0 Å². The van der Waals surface area contributed by atoms with Crippen molar-refractivity contribution in [3.8, 4) is 0 Å². The van der Waals surface area contributed by atoms with Gasteiger partial charge in [0.15, 0.2) is 0 Å². The average Bonchev–Trinajstić information content (AvgIpc) is 3.19. The molecule has 0 radical (unpaired) electrons. The monoisotopic (exact) mass is 350 g/mol. The molecule has 5 heteroatoms. The Kier molecular flexibility index (Phi) is 4.48. The molecule has 4 rings (SSSR count). The lowest BCUT2D eigenvalue weighted by Gasteiger charge is -2.32. The average molecular weight is 350 g/mol. The van der Waals surface area contributed by atoms with Gasteiger partial charge >= 0.3 is 0 Å². The summed E-state index contributed by atoms with van der Waals surface area (Å²) in [6, 6.07) is 18.6. The summed E-state index contributed by atoms with van der Waals surface area (Å²) in [5.41, 5.74) is 3.02. The second-order valence-corrected chi connectivity index (χ2v) is 6.89. The van der Waals surface area contributed by atoms with Gasteiger partial charge in [0.05, 0.1) is 23.2 Å². The van der Waals surface area contributed by atoms with E-state index in [0.717, 1.165) is 13.0 Å². The Bertz CT molecular complexity index is 831. The second kappa shape index (κ2) is 7.07. The van der Waals surface area contributed by atoms with E-state index in [2.05, 4.69) is 58.7 Å². The van der Waals surface area contributed by atoms with Crippen LogP contribution in [-0.2, 0) is 0 Å². The fraction of sp³-hybridized carbons (Fsp3) is 0.150. The number of fused-ring (bicyclic) bond motifs is 2. The molecule has 0 bridgehead atoms. The number of para-hydroxylation sites is 2. The molecule has 0 spiro atoms. The first-order valence-electron chi connectivity index (χ1n) is 8.27. The van der Waals surface area contributed by atoms with Gasteiger partial charge in [-0.15, -0.1) is 0 Å². The highest BCUT2D eigenvalue weighted by Gasteiger charge is 2.22. The van der Waals surface area contributed by atoms with Gasteiger partial charge in [-0.3, -0.25) is 4.79 Å². The normalized spacial score (nSPS) is 12.4. The first-order chi connectivity index (χ1) is 12.3. The SMILES string of the molecule is O=C(NCCCN1c2ccccc2Sc2ccccc21)c1ccoc1. The number of benzene rings is 2. The van der Waals surface area contributed by atoms with Crippen LogP contribution >= 0.6 is 11.8 Å². The third-order valence-corrected chi connectivity index (χ3v) is 5.29. The predicted octanol–water partition coefficient (Wildman–Crippen LogP) is 4.70. The van der Waals surface area contributed by atoms with E-state index in [-0.39, 0.29) is 5.91 Å². The molecule has 0 saturated carbocycles. The maximum Gasteiger partial charge on any atom is 0.254 e. The molecule has 1 amide bonds. The van der Waals surface area contributed by atoms with Crippen molar-refractivity contribution in [1.29, 1.82) is 0 Å². The van der Waals surface area contributed by atoms with Crippen LogP contribution in [0, 0.1) is 0 Å². The molecule has 2 aromatic carbocycles. The number of carbonyl (C=O) groups excluding carboxylic acids is 1. The van der Waals surface area contributed by atoms with E-state index in [1.54, 1.807) is 17.8 Å². The Labute approximate surface area is 150 Å². The van der Waals surface area contributed by atoms with Gasteiger partial charge in [0.1, 0.15) is 6.26 Å². The molecule has 1 aliphatic rings. The summed E-state index contributed by atoms with van der Waals surface area (Å²) in [6.45, 7) is 1.47.